The summed E-state index contributed by atoms with van der Waals surface area (Å²) < 4.78 is 13.9. The average Bonchev–Trinajstić information content (AvgIpc) is 2.32. The molecule has 0 amide bonds. The van der Waals surface area contributed by atoms with E-state index in [0.717, 1.165) is 10.9 Å². The number of nitrogens with zero attached hydrogens (tertiary/aromatic N) is 1. The van der Waals surface area contributed by atoms with Gasteiger partial charge in [-0.1, -0.05) is 18.2 Å². The summed E-state index contributed by atoms with van der Waals surface area (Å²) in [4.78, 5) is 11.9. The first-order valence-electron chi connectivity index (χ1n) is 5.15. The van der Waals surface area contributed by atoms with Gasteiger partial charge in [-0.3, -0.25) is 4.79 Å². The number of hydrogen-bond acceptors (Lipinski definition) is 2. The first-order chi connectivity index (χ1) is 7.77. The normalized spacial score (nSPS) is 10.9. The number of aromatic nitrogens is 1. The smallest absolute Gasteiger partial charge is 0.255 e. The summed E-state index contributed by atoms with van der Waals surface area (Å²) in [5.74, 6) is 0. The molecule has 0 bridgehead atoms. The zero-order valence-corrected chi connectivity index (χ0v) is 8.82. The Labute approximate surface area is 92.3 Å². The van der Waals surface area contributed by atoms with Gasteiger partial charge in [0.05, 0.1) is 12.1 Å². The average molecular weight is 220 g/mol. The lowest BCUT2D eigenvalue weighted by molar-refractivity contribution is 0.445. The monoisotopic (exact) mass is 220 g/mol. The Morgan fingerprint density at radius 3 is 2.75 bits per heavy atom. The lowest BCUT2D eigenvalue weighted by Crippen LogP contribution is -2.26. The summed E-state index contributed by atoms with van der Waals surface area (Å²) in [5, 5.41) is 0.913. The van der Waals surface area contributed by atoms with Crippen LogP contribution in [0, 0.1) is 0 Å². The molecule has 1 heterocycles. The third kappa shape index (κ3) is 1.72. The molecule has 0 fully saturated rings. The van der Waals surface area contributed by atoms with Crippen LogP contribution in [0.4, 0.5) is 4.39 Å². The van der Waals surface area contributed by atoms with Gasteiger partial charge in [0, 0.05) is 12.1 Å². The minimum Gasteiger partial charge on any atom is -0.326 e. The lowest BCUT2D eigenvalue weighted by atomic mass is 10.1. The van der Waals surface area contributed by atoms with Gasteiger partial charge in [0.15, 0.2) is 0 Å². The third-order valence-electron chi connectivity index (χ3n) is 2.61. The van der Waals surface area contributed by atoms with Gasteiger partial charge in [-0.2, -0.15) is 0 Å². The first kappa shape index (κ1) is 10.8. The highest BCUT2D eigenvalue weighted by atomic mass is 19.1. The largest absolute Gasteiger partial charge is 0.326 e. The number of rotatable bonds is 3. The highest BCUT2D eigenvalue weighted by Gasteiger charge is 2.07. The third-order valence-corrected chi connectivity index (χ3v) is 2.61. The fourth-order valence-electron chi connectivity index (χ4n) is 1.84. The molecule has 16 heavy (non-hydrogen) atoms. The van der Waals surface area contributed by atoms with Crippen molar-refractivity contribution in [1.29, 1.82) is 0 Å². The standard InChI is InChI=1S/C12H13FN2O/c13-5-6-15-11-4-2-1-3-9(11)7-10(8-14)12(15)16/h1-4,7H,5-6,8,14H2. The van der Waals surface area contributed by atoms with Crippen molar-refractivity contribution in [3.8, 4) is 0 Å². The van der Waals surface area contributed by atoms with E-state index in [1.807, 2.05) is 24.3 Å². The second-order valence-electron chi connectivity index (χ2n) is 3.58. The summed E-state index contributed by atoms with van der Waals surface area (Å²) in [6.07, 6.45) is 0. The Bertz CT molecular complexity index is 562. The molecule has 0 saturated carbocycles. The van der Waals surface area contributed by atoms with Crippen molar-refractivity contribution in [3.05, 3.63) is 46.2 Å². The molecule has 84 valence electrons. The number of nitrogens with two attached hydrogens (primary N) is 1. The summed E-state index contributed by atoms with van der Waals surface area (Å²) in [6, 6.07) is 9.19. The second kappa shape index (κ2) is 4.45. The maximum Gasteiger partial charge on any atom is 0.255 e. The molecule has 2 rings (SSSR count). The molecular formula is C12H13FN2O. The molecule has 4 heteroatoms. The number of hydrogen-bond donors (Lipinski definition) is 1. The zero-order valence-electron chi connectivity index (χ0n) is 8.82. The van der Waals surface area contributed by atoms with E-state index in [0.29, 0.717) is 5.56 Å². The van der Waals surface area contributed by atoms with E-state index in [2.05, 4.69) is 0 Å². The molecule has 0 unspecified atom stereocenters. The SMILES string of the molecule is NCc1cc2ccccc2n(CCF)c1=O. The Morgan fingerprint density at radius 1 is 1.31 bits per heavy atom. The van der Waals surface area contributed by atoms with Crippen molar-refractivity contribution >= 4 is 10.9 Å². The molecule has 0 spiro atoms. The second-order valence-corrected chi connectivity index (χ2v) is 3.58. The van der Waals surface area contributed by atoms with E-state index in [1.165, 1.54) is 4.57 Å². The van der Waals surface area contributed by atoms with E-state index in [9.17, 15) is 9.18 Å². The zero-order chi connectivity index (χ0) is 11.5. The lowest BCUT2D eigenvalue weighted by Gasteiger charge is -2.10. The Kier molecular flexibility index (Phi) is 3.01. The number of para-hydroxylation sites is 1. The van der Waals surface area contributed by atoms with Crippen molar-refractivity contribution in [2.24, 2.45) is 5.73 Å². The van der Waals surface area contributed by atoms with Gasteiger partial charge in [-0.25, -0.2) is 4.39 Å². The molecule has 0 aliphatic rings. The van der Waals surface area contributed by atoms with Crippen LogP contribution in [0.1, 0.15) is 5.56 Å². The van der Waals surface area contributed by atoms with Gasteiger partial charge in [0.2, 0.25) is 0 Å². The fraction of sp³-hybridized carbons (Fsp3) is 0.250. The van der Waals surface area contributed by atoms with Crippen LogP contribution in [0.2, 0.25) is 0 Å². The van der Waals surface area contributed by atoms with E-state index in [4.69, 9.17) is 5.73 Å². The summed E-state index contributed by atoms with van der Waals surface area (Å²) >= 11 is 0. The molecule has 0 aliphatic heterocycles. The topological polar surface area (TPSA) is 48.0 Å². The minimum atomic E-state index is -0.558. The van der Waals surface area contributed by atoms with Crippen molar-refractivity contribution in [2.45, 2.75) is 13.1 Å². The van der Waals surface area contributed by atoms with Crippen LogP contribution in [0.3, 0.4) is 0 Å². The molecule has 0 radical (unpaired) electrons. The quantitative estimate of drug-likeness (QED) is 0.850. The van der Waals surface area contributed by atoms with Crippen molar-refractivity contribution in [3.63, 3.8) is 0 Å². The van der Waals surface area contributed by atoms with Crippen molar-refractivity contribution in [1.82, 2.24) is 4.57 Å². The maximum atomic E-state index is 12.4. The highest BCUT2D eigenvalue weighted by molar-refractivity contribution is 5.79. The Morgan fingerprint density at radius 2 is 2.06 bits per heavy atom. The molecule has 2 aromatic rings. The molecule has 2 N–H and O–H groups in total. The highest BCUT2D eigenvalue weighted by Crippen LogP contribution is 2.13. The van der Waals surface area contributed by atoms with E-state index >= 15 is 0 Å². The van der Waals surface area contributed by atoms with E-state index in [-0.39, 0.29) is 18.6 Å². The maximum absolute atomic E-state index is 12.4. The number of halogens is 1. The van der Waals surface area contributed by atoms with Gasteiger partial charge in [-0.05, 0) is 17.5 Å². The van der Waals surface area contributed by atoms with Crippen molar-refractivity contribution < 1.29 is 4.39 Å². The van der Waals surface area contributed by atoms with Gasteiger partial charge in [0.25, 0.3) is 5.56 Å². The fourth-order valence-corrected chi connectivity index (χ4v) is 1.84. The van der Waals surface area contributed by atoms with Crippen LogP contribution in [0.5, 0.6) is 0 Å². The number of benzene rings is 1. The molecule has 1 aromatic heterocycles. The molecule has 0 saturated heterocycles. The van der Waals surface area contributed by atoms with Gasteiger partial charge in [0.1, 0.15) is 6.67 Å². The molecular weight excluding hydrogens is 207 g/mol. The number of pyridine rings is 1. The van der Waals surface area contributed by atoms with E-state index in [1.54, 1.807) is 6.07 Å². The van der Waals surface area contributed by atoms with Gasteiger partial charge < -0.3 is 10.3 Å². The molecule has 1 aromatic carbocycles. The molecule has 3 nitrogen and oxygen atoms in total. The molecule has 0 aliphatic carbocycles. The van der Waals surface area contributed by atoms with Crippen LogP contribution >= 0.6 is 0 Å². The summed E-state index contributed by atoms with van der Waals surface area (Å²) in [7, 11) is 0. The van der Waals surface area contributed by atoms with Gasteiger partial charge in [-0.15, -0.1) is 0 Å². The first-order valence-corrected chi connectivity index (χ1v) is 5.15. The number of aryl methyl sites for hydroxylation is 1. The number of fused-ring (bicyclic) bond motifs is 1. The number of alkyl halides is 1. The summed E-state index contributed by atoms with van der Waals surface area (Å²) in [5.41, 5.74) is 6.58. The van der Waals surface area contributed by atoms with Crippen molar-refractivity contribution in [2.75, 3.05) is 6.67 Å². The molecule has 0 atom stereocenters. The van der Waals surface area contributed by atoms with E-state index < -0.39 is 6.67 Å². The van der Waals surface area contributed by atoms with Crippen LogP contribution < -0.4 is 11.3 Å². The van der Waals surface area contributed by atoms with Crippen LogP contribution in [-0.2, 0) is 13.1 Å². The Balaban J connectivity index is 2.80. The Hall–Kier alpha value is -1.68. The van der Waals surface area contributed by atoms with Crippen LogP contribution in [0.25, 0.3) is 10.9 Å². The van der Waals surface area contributed by atoms with Crippen LogP contribution in [-0.4, -0.2) is 11.2 Å². The summed E-state index contributed by atoms with van der Waals surface area (Å²) in [6.45, 7) is -0.304. The van der Waals surface area contributed by atoms with Gasteiger partial charge >= 0.3 is 0 Å². The minimum absolute atomic E-state index is 0.0766. The van der Waals surface area contributed by atoms with Crippen LogP contribution in [0.15, 0.2) is 35.1 Å². The predicted octanol–water partition coefficient (Wildman–Crippen LogP) is 1.43. The predicted molar refractivity (Wildman–Crippen MR) is 62.1 cm³/mol.